The van der Waals surface area contributed by atoms with Crippen LogP contribution in [0.2, 0.25) is 0 Å². The zero-order valence-electron chi connectivity index (χ0n) is 12.5. The number of hydrogen-bond acceptors (Lipinski definition) is 1. The Kier molecular flexibility index (Phi) is 4.37. The van der Waals surface area contributed by atoms with E-state index in [4.69, 9.17) is 0 Å². The summed E-state index contributed by atoms with van der Waals surface area (Å²) < 4.78 is 0. The summed E-state index contributed by atoms with van der Waals surface area (Å²) >= 11 is 0. The van der Waals surface area contributed by atoms with E-state index in [2.05, 4.69) is 59.8 Å². The molecule has 1 nitrogen and oxygen atoms in total. The SMILES string of the molecule is Cc1cc(C)c(C)c(CCNC(C)(C)C)c1C. The molecule has 0 atom stereocenters. The highest BCUT2D eigenvalue weighted by atomic mass is 14.9. The van der Waals surface area contributed by atoms with E-state index < -0.39 is 0 Å². The molecular weight excluding hydrogens is 206 g/mol. The van der Waals surface area contributed by atoms with E-state index in [1.165, 1.54) is 27.8 Å². The number of benzene rings is 1. The quantitative estimate of drug-likeness (QED) is 0.836. The summed E-state index contributed by atoms with van der Waals surface area (Å²) in [5.41, 5.74) is 7.49. The lowest BCUT2D eigenvalue weighted by Crippen LogP contribution is -2.37. The highest BCUT2D eigenvalue weighted by Gasteiger charge is 2.11. The van der Waals surface area contributed by atoms with Gasteiger partial charge in [0.25, 0.3) is 0 Å². The van der Waals surface area contributed by atoms with Gasteiger partial charge in [0.15, 0.2) is 0 Å². The molecule has 1 heteroatoms. The fourth-order valence-electron chi connectivity index (χ4n) is 2.24. The van der Waals surface area contributed by atoms with Crippen molar-refractivity contribution < 1.29 is 0 Å². The van der Waals surface area contributed by atoms with Gasteiger partial charge >= 0.3 is 0 Å². The zero-order chi connectivity index (χ0) is 13.2. The minimum atomic E-state index is 0.209. The highest BCUT2D eigenvalue weighted by molar-refractivity contribution is 5.44. The van der Waals surface area contributed by atoms with Gasteiger partial charge in [0, 0.05) is 5.54 Å². The largest absolute Gasteiger partial charge is 0.312 e. The molecule has 0 aliphatic rings. The molecule has 0 aliphatic heterocycles. The second-order valence-corrected chi connectivity index (χ2v) is 6.17. The zero-order valence-corrected chi connectivity index (χ0v) is 12.5. The van der Waals surface area contributed by atoms with E-state index in [9.17, 15) is 0 Å². The van der Waals surface area contributed by atoms with Gasteiger partial charge < -0.3 is 5.32 Å². The second-order valence-electron chi connectivity index (χ2n) is 6.17. The fourth-order valence-corrected chi connectivity index (χ4v) is 2.24. The minimum absolute atomic E-state index is 0.209. The fraction of sp³-hybridized carbons (Fsp3) is 0.625. The van der Waals surface area contributed by atoms with Crippen LogP contribution >= 0.6 is 0 Å². The lowest BCUT2D eigenvalue weighted by molar-refractivity contribution is 0.429. The second kappa shape index (κ2) is 5.22. The first-order chi connectivity index (χ1) is 7.72. The molecule has 0 unspecified atom stereocenters. The Morgan fingerprint density at radius 3 is 1.82 bits per heavy atom. The average Bonchev–Trinajstić information content (AvgIpc) is 2.19. The summed E-state index contributed by atoms with van der Waals surface area (Å²) in [5.74, 6) is 0. The number of hydrogen-bond donors (Lipinski definition) is 1. The molecule has 1 aromatic rings. The highest BCUT2D eigenvalue weighted by Crippen LogP contribution is 2.21. The lowest BCUT2D eigenvalue weighted by Gasteiger charge is -2.22. The van der Waals surface area contributed by atoms with Gasteiger partial charge in [0.05, 0.1) is 0 Å². The third kappa shape index (κ3) is 3.85. The molecule has 0 aliphatic carbocycles. The predicted molar refractivity (Wildman–Crippen MR) is 76.8 cm³/mol. The van der Waals surface area contributed by atoms with Crippen LogP contribution in [0.5, 0.6) is 0 Å². The van der Waals surface area contributed by atoms with E-state index in [1.54, 1.807) is 0 Å². The Labute approximate surface area is 107 Å². The van der Waals surface area contributed by atoms with Crippen LogP contribution in [-0.4, -0.2) is 12.1 Å². The Balaban J connectivity index is 2.84. The summed E-state index contributed by atoms with van der Waals surface area (Å²) in [6, 6.07) is 2.30. The smallest absolute Gasteiger partial charge is 0.00966 e. The van der Waals surface area contributed by atoms with Crippen LogP contribution in [0.1, 0.15) is 48.6 Å². The Hall–Kier alpha value is -0.820. The molecule has 0 aromatic heterocycles. The van der Waals surface area contributed by atoms with Crippen molar-refractivity contribution in [3.8, 4) is 0 Å². The van der Waals surface area contributed by atoms with E-state index in [0.717, 1.165) is 13.0 Å². The van der Waals surface area contributed by atoms with Crippen LogP contribution in [0, 0.1) is 27.7 Å². The van der Waals surface area contributed by atoms with Crippen LogP contribution < -0.4 is 5.32 Å². The number of nitrogens with one attached hydrogen (secondary N) is 1. The molecule has 0 spiro atoms. The molecule has 1 aromatic carbocycles. The van der Waals surface area contributed by atoms with Crippen molar-refractivity contribution in [2.45, 2.75) is 60.4 Å². The van der Waals surface area contributed by atoms with Crippen molar-refractivity contribution >= 4 is 0 Å². The molecule has 0 radical (unpaired) electrons. The van der Waals surface area contributed by atoms with E-state index >= 15 is 0 Å². The molecule has 0 fully saturated rings. The van der Waals surface area contributed by atoms with Crippen molar-refractivity contribution in [2.75, 3.05) is 6.54 Å². The topological polar surface area (TPSA) is 12.0 Å². The van der Waals surface area contributed by atoms with Crippen LogP contribution in [-0.2, 0) is 6.42 Å². The molecule has 17 heavy (non-hydrogen) atoms. The van der Waals surface area contributed by atoms with E-state index in [0.29, 0.717) is 0 Å². The molecule has 0 amide bonds. The number of aryl methyl sites for hydroxylation is 2. The van der Waals surface area contributed by atoms with Gasteiger partial charge in [-0.2, -0.15) is 0 Å². The van der Waals surface area contributed by atoms with Crippen LogP contribution in [0.3, 0.4) is 0 Å². The van der Waals surface area contributed by atoms with Crippen molar-refractivity contribution in [3.05, 3.63) is 33.9 Å². The maximum Gasteiger partial charge on any atom is 0.00966 e. The first-order valence-corrected chi connectivity index (χ1v) is 6.53. The molecule has 0 heterocycles. The van der Waals surface area contributed by atoms with Crippen molar-refractivity contribution in [3.63, 3.8) is 0 Å². The molecular formula is C16H27N. The van der Waals surface area contributed by atoms with Gasteiger partial charge in [-0.3, -0.25) is 0 Å². The molecule has 0 bridgehead atoms. The Bertz CT molecular complexity index is 371. The van der Waals surface area contributed by atoms with Crippen LogP contribution in [0.25, 0.3) is 0 Å². The van der Waals surface area contributed by atoms with E-state index in [-0.39, 0.29) is 5.54 Å². The van der Waals surface area contributed by atoms with Crippen LogP contribution in [0.4, 0.5) is 0 Å². The van der Waals surface area contributed by atoms with Gasteiger partial charge in [0.2, 0.25) is 0 Å². The molecule has 96 valence electrons. The number of rotatable bonds is 3. The molecule has 0 saturated heterocycles. The summed E-state index contributed by atoms with van der Waals surface area (Å²) in [5, 5.41) is 3.56. The Morgan fingerprint density at radius 2 is 1.41 bits per heavy atom. The van der Waals surface area contributed by atoms with Crippen molar-refractivity contribution in [2.24, 2.45) is 0 Å². The van der Waals surface area contributed by atoms with Crippen molar-refractivity contribution in [1.82, 2.24) is 5.32 Å². The summed E-state index contributed by atoms with van der Waals surface area (Å²) in [7, 11) is 0. The molecule has 0 saturated carbocycles. The normalized spacial score (nSPS) is 11.9. The molecule has 1 rings (SSSR count). The standard InChI is InChI=1S/C16H27N/c1-11-10-12(2)14(4)15(13(11)3)8-9-17-16(5,6)7/h10,17H,8-9H2,1-7H3. The minimum Gasteiger partial charge on any atom is -0.312 e. The predicted octanol–water partition coefficient (Wildman–Crippen LogP) is 3.85. The summed E-state index contributed by atoms with van der Waals surface area (Å²) in [6.45, 7) is 16.6. The monoisotopic (exact) mass is 233 g/mol. The molecule has 1 N–H and O–H groups in total. The maximum absolute atomic E-state index is 3.56. The third-order valence-electron chi connectivity index (χ3n) is 3.55. The summed E-state index contributed by atoms with van der Waals surface area (Å²) in [6.07, 6.45) is 1.12. The Morgan fingerprint density at radius 1 is 0.941 bits per heavy atom. The maximum atomic E-state index is 3.56. The van der Waals surface area contributed by atoms with Gasteiger partial charge in [0.1, 0.15) is 0 Å². The van der Waals surface area contributed by atoms with Gasteiger partial charge in [-0.25, -0.2) is 0 Å². The van der Waals surface area contributed by atoms with Gasteiger partial charge in [-0.05, 0) is 89.2 Å². The first kappa shape index (κ1) is 14.2. The lowest BCUT2D eigenvalue weighted by atomic mass is 9.92. The first-order valence-electron chi connectivity index (χ1n) is 6.53. The van der Waals surface area contributed by atoms with Gasteiger partial charge in [-0.1, -0.05) is 6.07 Å². The van der Waals surface area contributed by atoms with Gasteiger partial charge in [-0.15, -0.1) is 0 Å². The van der Waals surface area contributed by atoms with Crippen LogP contribution in [0.15, 0.2) is 6.07 Å². The summed E-state index contributed by atoms with van der Waals surface area (Å²) in [4.78, 5) is 0. The van der Waals surface area contributed by atoms with E-state index in [1.807, 2.05) is 0 Å². The average molecular weight is 233 g/mol. The third-order valence-corrected chi connectivity index (χ3v) is 3.55. The van der Waals surface area contributed by atoms with Crippen molar-refractivity contribution in [1.29, 1.82) is 0 Å².